The van der Waals surface area contributed by atoms with E-state index in [9.17, 15) is 9.90 Å². The normalized spacial score (nSPS) is 11.3. The third kappa shape index (κ3) is 3.09. The third-order valence-electron chi connectivity index (χ3n) is 4.15. The van der Waals surface area contributed by atoms with Crippen LogP contribution in [0.25, 0.3) is 16.5 Å². The first kappa shape index (κ1) is 17.4. The van der Waals surface area contributed by atoms with E-state index in [2.05, 4.69) is 25.6 Å². The van der Waals surface area contributed by atoms with Gasteiger partial charge in [-0.15, -0.1) is 5.10 Å². The summed E-state index contributed by atoms with van der Waals surface area (Å²) in [6, 6.07) is 13.9. The van der Waals surface area contributed by atoms with Gasteiger partial charge in [-0.1, -0.05) is 23.3 Å². The summed E-state index contributed by atoms with van der Waals surface area (Å²) in [7, 11) is 0. The number of hydrogen-bond acceptors (Lipinski definition) is 7. The van der Waals surface area contributed by atoms with E-state index >= 15 is 0 Å². The van der Waals surface area contributed by atoms with Crippen molar-refractivity contribution in [3.63, 3.8) is 0 Å². The molecule has 0 bridgehead atoms. The van der Waals surface area contributed by atoms with Gasteiger partial charge in [0.1, 0.15) is 5.75 Å². The summed E-state index contributed by atoms with van der Waals surface area (Å²) in [5, 5.41) is 25.2. The first-order valence-electron chi connectivity index (χ1n) is 8.56. The summed E-state index contributed by atoms with van der Waals surface area (Å²) >= 11 is 0. The molecule has 0 unspecified atom stereocenters. The van der Waals surface area contributed by atoms with Crippen LogP contribution in [0.1, 0.15) is 12.5 Å². The zero-order chi connectivity index (χ0) is 19.5. The molecule has 9 heteroatoms. The molecule has 0 spiro atoms. The number of nitrogens with one attached hydrogen (secondary N) is 1. The molecule has 0 atom stereocenters. The molecule has 2 N–H and O–H groups in total. The maximum absolute atomic E-state index is 13.0. The SMILES string of the molecule is CCOc1ccc(-n2c(O)c(C=Nc3nn[nH]n3)c3ccccc3c2=O)cc1. The van der Waals surface area contributed by atoms with Gasteiger partial charge < -0.3 is 9.84 Å². The molecule has 2 aromatic heterocycles. The molecule has 28 heavy (non-hydrogen) atoms. The third-order valence-corrected chi connectivity index (χ3v) is 4.15. The molecule has 0 aliphatic rings. The number of aromatic nitrogens is 5. The number of aromatic hydroxyl groups is 1. The largest absolute Gasteiger partial charge is 0.494 e. The van der Waals surface area contributed by atoms with Crippen LogP contribution in [0.4, 0.5) is 5.95 Å². The van der Waals surface area contributed by atoms with E-state index in [0.29, 0.717) is 34.4 Å². The lowest BCUT2D eigenvalue weighted by molar-refractivity contribution is 0.340. The Bertz CT molecular complexity index is 1200. The summed E-state index contributed by atoms with van der Waals surface area (Å²) in [4.78, 5) is 17.1. The van der Waals surface area contributed by atoms with Crippen molar-refractivity contribution in [2.24, 2.45) is 4.99 Å². The van der Waals surface area contributed by atoms with E-state index in [0.717, 1.165) is 0 Å². The molecule has 2 aromatic carbocycles. The van der Waals surface area contributed by atoms with Crippen LogP contribution in [-0.2, 0) is 0 Å². The quantitative estimate of drug-likeness (QED) is 0.516. The molecule has 0 amide bonds. The van der Waals surface area contributed by atoms with Crippen molar-refractivity contribution < 1.29 is 9.84 Å². The minimum Gasteiger partial charge on any atom is -0.494 e. The van der Waals surface area contributed by atoms with Crippen molar-refractivity contribution in [2.45, 2.75) is 6.92 Å². The second-order valence-corrected chi connectivity index (χ2v) is 5.82. The number of H-pyrrole nitrogens is 1. The number of tetrazole rings is 1. The van der Waals surface area contributed by atoms with Gasteiger partial charge in [0.15, 0.2) is 0 Å². The van der Waals surface area contributed by atoms with Crippen LogP contribution in [0.2, 0.25) is 0 Å². The van der Waals surface area contributed by atoms with E-state index in [1.165, 1.54) is 10.8 Å². The maximum atomic E-state index is 13.0. The first-order valence-corrected chi connectivity index (χ1v) is 8.56. The smallest absolute Gasteiger partial charge is 0.288 e. The average Bonchev–Trinajstić information content (AvgIpc) is 3.23. The van der Waals surface area contributed by atoms with Gasteiger partial charge in [0.05, 0.1) is 17.9 Å². The monoisotopic (exact) mass is 376 g/mol. The summed E-state index contributed by atoms with van der Waals surface area (Å²) in [5.74, 6) is 0.556. The Balaban J connectivity index is 1.92. The fraction of sp³-hybridized carbons (Fsp3) is 0.105. The second-order valence-electron chi connectivity index (χ2n) is 5.82. The number of aliphatic imine (C=N–C) groups is 1. The van der Waals surface area contributed by atoms with Gasteiger partial charge in [-0.3, -0.25) is 4.79 Å². The number of hydrogen-bond donors (Lipinski definition) is 2. The lowest BCUT2D eigenvalue weighted by atomic mass is 10.1. The summed E-state index contributed by atoms with van der Waals surface area (Å²) in [5.41, 5.74) is 0.536. The van der Waals surface area contributed by atoms with E-state index in [-0.39, 0.29) is 17.4 Å². The van der Waals surface area contributed by atoms with Crippen molar-refractivity contribution in [1.29, 1.82) is 0 Å². The minimum absolute atomic E-state index is 0.113. The molecule has 140 valence electrons. The van der Waals surface area contributed by atoms with E-state index < -0.39 is 0 Å². The molecular formula is C19H16N6O3. The molecule has 4 rings (SSSR count). The van der Waals surface area contributed by atoms with Crippen LogP contribution in [-0.4, -0.2) is 43.1 Å². The fourth-order valence-electron chi connectivity index (χ4n) is 2.92. The predicted molar refractivity (Wildman–Crippen MR) is 104 cm³/mol. The minimum atomic E-state index is -0.339. The highest BCUT2D eigenvalue weighted by atomic mass is 16.5. The number of pyridine rings is 1. The Morgan fingerprint density at radius 2 is 1.93 bits per heavy atom. The van der Waals surface area contributed by atoms with Gasteiger partial charge in [-0.2, -0.15) is 5.21 Å². The standard InChI is InChI=1S/C19H16N6O3/c1-2-28-13-9-7-12(8-10-13)25-17(26)15-6-4-3-5-14(15)16(18(25)27)11-20-19-21-23-24-22-19/h3-11,27H,2H2,1H3,(H,21,22,23,24). The fourth-order valence-corrected chi connectivity index (χ4v) is 2.92. The van der Waals surface area contributed by atoms with E-state index in [1.807, 2.05) is 6.92 Å². The molecule has 4 aromatic rings. The molecule has 0 aliphatic heterocycles. The van der Waals surface area contributed by atoms with Gasteiger partial charge in [0, 0.05) is 17.0 Å². The molecule has 2 heterocycles. The lowest BCUT2D eigenvalue weighted by Gasteiger charge is -2.14. The van der Waals surface area contributed by atoms with Crippen LogP contribution >= 0.6 is 0 Å². The van der Waals surface area contributed by atoms with Crippen molar-refractivity contribution in [3.8, 4) is 17.3 Å². The summed E-state index contributed by atoms with van der Waals surface area (Å²) in [6.07, 6.45) is 1.41. The maximum Gasteiger partial charge on any atom is 0.288 e. The Kier molecular flexibility index (Phi) is 4.55. The average molecular weight is 376 g/mol. The number of ether oxygens (including phenoxy) is 1. The highest BCUT2D eigenvalue weighted by Crippen LogP contribution is 2.27. The van der Waals surface area contributed by atoms with Gasteiger partial charge in [-0.25, -0.2) is 9.56 Å². The van der Waals surface area contributed by atoms with Crippen molar-refractivity contribution in [2.75, 3.05) is 6.61 Å². The van der Waals surface area contributed by atoms with Gasteiger partial charge >= 0.3 is 0 Å². The lowest BCUT2D eigenvalue weighted by Crippen LogP contribution is -2.20. The van der Waals surface area contributed by atoms with Crippen molar-refractivity contribution >= 4 is 22.9 Å². The topological polar surface area (TPSA) is 118 Å². The van der Waals surface area contributed by atoms with Crippen LogP contribution in [0.3, 0.4) is 0 Å². The molecule has 0 saturated carbocycles. The van der Waals surface area contributed by atoms with Crippen LogP contribution in [0.15, 0.2) is 58.3 Å². The van der Waals surface area contributed by atoms with Crippen LogP contribution in [0, 0.1) is 0 Å². The highest BCUT2D eigenvalue weighted by Gasteiger charge is 2.16. The Morgan fingerprint density at radius 1 is 1.18 bits per heavy atom. The van der Waals surface area contributed by atoms with Gasteiger partial charge in [-0.05, 0) is 42.5 Å². The Labute approximate surface area is 158 Å². The highest BCUT2D eigenvalue weighted by molar-refractivity contribution is 6.02. The number of nitrogens with zero attached hydrogens (tertiary/aromatic N) is 5. The summed E-state index contributed by atoms with van der Waals surface area (Å²) in [6.45, 7) is 2.43. The zero-order valence-electron chi connectivity index (χ0n) is 14.9. The summed E-state index contributed by atoms with van der Waals surface area (Å²) < 4.78 is 6.67. The second kappa shape index (κ2) is 7.31. The van der Waals surface area contributed by atoms with Gasteiger partial charge in [0.2, 0.25) is 5.88 Å². The molecule has 9 nitrogen and oxygen atoms in total. The number of rotatable bonds is 5. The zero-order valence-corrected chi connectivity index (χ0v) is 14.9. The van der Waals surface area contributed by atoms with Crippen molar-refractivity contribution in [1.82, 2.24) is 25.2 Å². The molecular weight excluding hydrogens is 360 g/mol. The Morgan fingerprint density at radius 3 is 2.61 bits per heavy atom. The number of fused-ring (bicyclic) bond motifs is 1. The molecule has 0 radical (unpaired) electrons. The number of benzene rings is 2. The van der Waals surface area contributed by atoms with Crippen LogP contribution < -0.4 is 10.3 Å². The van der Waals surface area contributed by atoms with Crippen LogP contribution in [0.5, 0.6) is 11.6 Å². The van der Waals surface area contributed by atoms with Gasteiger partial charge in [0.25, 0.3) is 11.5 Å². The Hall–Kier alpha value is -4.01. The predicted octanol–water partition coefficient (Wildman–Crippen LogP) is 2.36. The first-order chi connectivity index (χ1) is 13.7. The molecule has 0 aliphatic carbocycles. The van der Waals surface area contributed by atoms with E-state index in [1.54, 1.807) is 48.5 Å². The molecule has 0 saturated heterocycles. The molecule has 0 fully saturated rings. The van der Waals surface area contributed by atoms with Crippen molar-refractivity contribution in [3.05, 3.63) is 64.4 Å². The number of aromatic amines is 1. The van der Waals surface area contributed by atoms with E-state index in [4.69, 9.17) is 4.74 Å².